The Kier molecular flexibility index (Phi) is 7.74. The van der Waals surface area contributed by atoms with Gasteiger partial charge in [0.25, 0.3) is 0 Å². The Labute approximate surface area is 132 Å². The predicted molar refractivity (Wildman–Crippen MR) is 86.4 cm³/mol. The van der Waals surface area contributed by atoms with Crippen molar-refractivity contribution in [3.05, 3.63) is 23.8 Å². The van der Waals surface area contributed by atoms with Crippen molar-refractivity contribution in [2.75, 3.05) is 20.3 Å². The van der Waals surface area contributed by atoms with Crippen LogP contribution in [0.25, 0.3) is 0 Å². The molecule has 0 aliphatic carbocycles. The van der Waals surface area contributed by atoms with Crippen LogP contribution in [0.4, 0.5) is 0 Å². The second-order valence-corrected chi connectivity index (χ2v) is 5.00. The van der Waals surface area contributed by atoms with Crippen LogP contribution in [0.1, 0.15) is 45.1 Å². The molecule has 22 heavy (non-hydrogen) atoms. The average Bonchev–Trinajstić information content (AvgIpc) is 2.53. The minimum atomic E-state index is -0.654. The van der Waals surface area contributed by atoms with Gasteiger partial charge in [0.15, 0.2) is 0 Å². The Morgan fingerprint density at radius 3 is 2.09 bits per heavy atom. The van der Waals surface area contributed by atoms with E-state index in [4.69, 9.17) is 19.9 Å². The highest BCUT2D eigenvalue weighted by atomic mass is 16.5. The lowest BCUT2D eigenvalue weighted by molar-refractivity contribution is -0.142. The van der Waals surface area contributed by atoms with Gasteiger partial charge >= 0.3 is 5.97 Å². The summed E-state index contributed by atoms with van der Waals surface area (Å²) in [5.74, 6) is 1.25. The smallest absolute Gasteiger partial charge is 0.322 e. The maximum atomic E-state index is 11.6. The lowest BCUT2D eigenvalue weighted by Gasteiger charge is -2.24. The molecule has 2 unspecified atom stereocenters. The van der Waals surface area contributed by atoms with Crippen LogP contribution in [0.15, 0.2) is 18.2 Å². The summed E-state index contributed by atoms with van der Waals surface area (Å²) in [5, 5.41) is 0. The van der Waals surface area contributed by atoms with E-state index in [2.05, 4.69) is 6.92 Å². The molecule has 2 atom stereocenters. The van der Waals surface area contributed by atoms with Crippen LogP contribution in [0, 0.1) is 0 Å². The van der Waals surface area contributed by atoms with E-state index < -0.39 is 12.0 Å². The molecule has 0 amide bonds. The molecule has 5 heteroatoms. The van der Waals surface area contributed by atoms with Gasteiger partial charge in [-0.2, -0.15) is 0 Å². The Balaban J connectivity index is 3.14. The lowest BCUT2D eigenvalue weighted by atomic mass is 9.88. The van der Waals surface area contributed by atoms with Crippen LogP contribution >= 0.6 is 0 Å². The summed E-state index contributed by atoms with van der Waals surface area (Å²) in [6, 6.07) is 5.10. The number of ether oxygens (including phenoxy) is 3. The monoisotopic (exact) mass is 309 g/mol. The summed E-state index contributed by atoms with van der Waals surface area (Å²) in [7, 11) is 1.35. The summed E-state index contributed by atoms with van der Waals surface area (Å²) < 4.78 is 16.2. The zero-order valence-electron chi connectivity index (χ0n) is 13.9. The van der Waals surface area contributed by atoms with Gasteiger partial charge in [-0.25, -0.2) is 0 Å². The molecule has 0 spiro atoms. The number of esters is 1. The van der Waals surface area contributed by atoms with Gasteiger partial charge in [-0.3, -0.25) is 4.79 Å². The van der Waals surface area contributed by atoms with Crippen LogP contribution in [-0.2, 0) is 9.53 Å². The molecule has 0 saturated heterocycles. The van der Waals surface area contributed by atoms with Crippen LogP contribution in [0.3, 0.4) is 0 Å². The van der Waals surface area contributed by atoms with Crippen molar-refractivity contribution < 1.29 is 19.0 Å². The van der Waals surface area contributed by atoms with Gasteiger partial charge in [0, 0.05) is 5.56 Å². The zero-order valence-corrected chi connectivity index (χ0v) is 13.9. The molecular weight excluding hydrogens is 282 g/mol. The maximum absolute atomic E-state index is 11.6. The molecule has 1 rings (SSSR count). The number of benzene rings is 1. The second-order valence-electron chi connectivity index (χ2n) is 5.00. The van der Waals surface area contributed by atoms with Crippen LogP contribution in [0.5, 0.6) is 11.5 Å². The number of hydrogen-bond donors (Lipinski definition) is 1. The fraction of sp³-hybridized carbons (Fsp3) is 0.588. The Hall–Kier alpha value is -1.75. The first-order valence-corrected chi connectivity index (χ1v) is 7.80. The molecule has 0 saturated carbocycles. The highest BCUT2D eigenvalue weighted by Gasteiger charge is 2.25. The van der Waals surface area contributed by atoms with Crippen molar-refractivity contribution in [1.29, 1.82) is 0 Å². The van der Waals surface area contributed by atoms with E-state index in [1.807, 2.05) is 32.0 Å². The molecule has 124 valence electrons. The molecule has 1 aromatic rings. The maximum Gasteiger partial charge on any atom is 0.322 e. The van der Waals surface area contributed by atoms with Gasteiger partial charge in [-0.05, 0) is 44.7 Å². The van der Waals surface area contributed by atoms with Crippen molar-refractivity contribution in [1.82, 2.24) is 0 Å². The SMILES string of the molecule is CCOc1cccc(OCC)c1C(CC)CC(N)C(=O)OC. The molecule has 5 nitrogen and oxygen atoms in total. The molecule has 0 bridgehead atoms. The summed E-state index contributed by atoms with van der Waals surface area (Å²) in [6.45, 7) is 7.09. The van der Waals surface area contributed by atoms with E-state index in [1.165, 1.54) is 7.11 Å². The van der Waals surface area contributed by atoms with Crippen LogP contribution < -0.4 is 15.2 Å². The molecular formula is C17H27NO4. The number of rotatable bonds is 9. The van der Waals surface area contributed by atoms with Crippen molar-refractivity contribution in [2.45, 2.75) is 45.6 Å². The normalized spacial score (nSPS) is 13.3. The first-order valence-electron chi connectivity index (χ1n) is 7.80. The molecule has 0 aromatic heterocycles. The van der Waals surface area contributed by atoms with Gasteiger partial charge in [0.05, 0.1) is 20.3 Å². The van der Waals surface area contributed by atoms with E-state index in [1.54, 1.807) is 0 Å². The summed E-state index contributed by atoms with van der Waals surface area (Å²) in [5.41, 5.74) is 6.91. The highest BCUT2D eigenvalue weighted by molar-refractivity contribution is 5.75. The van der Waals surface area contributed by atoms with Crippen molar-refractivity contribution >= 4 is 5.97 Å². The van der Waals surface area contributed by atoms with E-state index in [0.717, 1.165) is 23.5 Å². The zero-order chi connectivity index (χ0) is 16.5. The minimum Gasteiger partial charge on any atom is -0.493 e. The Bertz CT molecular complexity index is 451. The second kappa shape index (κ2) is 9.30. The van der Waals surface area contributed by atoms with Gasteiger partial charge in [-0.15, -0.1) is 0 Å². The van der Waals surface area contributed by atoms with Crippen LogP contribution in [-0.4, -0.2) is 32.3 Å². The minimum absolute atomic E-state index is 0.0680. The largest absolute Gasteiger partial charge is 0.493 e. The number of hydrogen-bond acceptors (Lipinski definition) is 5. The fourth-order valence-electron chi connectivity index (χ4n) is 2.53. The summed E-state index contributed by atoms with van der Waals surface area (Å²) >= 11 is 0. The topological polar surface area (TPSA) is 70.8 Å². The number of carbonyl (C=O) groups excluding carboxylic acids is 1. The number of methoxy groups -OCH3 is 1. The standard InChI is InChI=1S/C17H27NO4/c1-5-12(11-13(18)17(19)20-4)16-14(21-6-2)9-8-10-15(16)22-7-3/h8-10,12-13H,5-7,11,18H2,1-4H3. The average molecular weight is 309 g/mol. The molecule has 0 fully saturated rings. The number of carbonyl (C=O) groups is 1. The van der Waals surface area contributed by atoms with Gasteiger partial charge in [0.1, 0.15) is 17.5 Å². The first kappa shape index (κ1) is 18.3. The van der Waals surface area contributed by atoms with Crippen molar-refractivity contribution in [3.8, 4) is 11.5 Å². The van der Waals surface area contributed by atoms with E-state index in [-0.39, 0.29) is 5.92 Å². The van der Waals surface area contributed by atoms with E-state index in [0.29, 0.717) is 19.6 Å². The Morgan fingerprint density at radius 2 is 1.68 bits per heavy atom. The quantitative estimate of drug-likeness (QED) is 0.710. The van der Waals surface area contributed by atoms with Crippen molar-refractivity contribution in [3.63, 3.8) is 0 Å². The fourth-order valence-corrected chi connectivity index (χ4v) is 2.53. The molecule has 0 heterocycles. The molecule has 1 aromatic carbocycles. The molecule has 0 radical (unpaired) electrons. The highest BCUT2D eigenvalue weighted by Crippen LogP contribution is 2.39. The molecule has 0 aliphatic heterocycles. The number of nitrogens with two attached hydrogens (primary N) is 1. The van der Waals surface area contributed by atoms with Crippen molar-refractivity contribution in [2.24, 2.45) is 5.73 Å². The summed E-state index contributed by atoms with van der Waals surface area (Å²) in [4.78, 5) is 11.6. The third-order valence-corrected chi connectivity index (χ3v) is 3.57. The van der Waals surface area contributed by atoms with Gasteiger partial charge < -0.3 is 19.9 Å². The molecule has 2 N–H and O–H groups in total. The molecule has 0 aliphatic rings. The van der Waals surface area contributed by atoms with E-state index in [9.17, 15) is 4.79 Å². The third kappa shape index (κ3) is 4.63. The van der Waals surface area contributed by atoms with E-state index >= 15 is 0 Å². The predicted octanol–water partition coefficient (Wildman–Crippen LogP) is 2.87. The van der Waals surface area contributed by atoms with Crippen LogP contribution in [0.2, 0.25) is 0 Å². The Morgan fingerprint density at radius 1 is 1.14 bits per heavy atom. The van der Waals surface area contributed by atoms with Gasteiger partial charge in [-0.1, -0.05) is 13.0 Å². The van der Waals surface area contributed by atoms with Gasteiger partial charge in [0.2, 0.25) is 0 Å². The lowest BCUT2D eigenvalue weighted by Crippen LogP contribution is -2.33. The third-order valence-electron chi connectivity index (χ3n) is 3.57. The summed E-state index contributed by atoms with van der Waals surface area (Å²) in [6.07, 6.45) is 1.32. The first-order chi connectivity index (χ1) is 10.6.